The summed E-state index contributed by atoms with van der Waals surface area (Å²) in [4.78, 5) is 24.4. The molecule has 0 unspecified atom stereocenters. The number of urea groups is 1. The van der Waals surface area contributed by atoms with E-state index < -0.39 is 12.0 Å². The van der Waals surface area contributed by atoms with Crippen molar-refractivity contribution >= 4 is 12.0 Å². The summed E-state index contributed by atoms with van der Waals surface area (Å²) in [5.41, 5.74) is 0. The van der Waals surface area contributed by atoms with Gasteiger partial charge in [0.15, 0.2) is 0 Å². The summed E-state index contributed by atoms with van der Waals surface area (Å²) in [6, 6.07) is -1.16. The van der Waals surface area contributed by atoms with Crippen molar-refractivity contribution in [1.29, 1.82) is 0 Å². The predicted molar refractivity (Wildman–Crippen MR) is 61.8 cm³/mol. The SMILES string of the molecule is CC(C)[C@@H](NC(=O)N1CCCOCC1)C(=O)O. The monoisotopic (exact) mass is 244 g/mol. The van der Waals surface area contributed by atoms with Crippen LogP contribution in [0.15, 0.2) is 0 Å². The highest BCUT2D eigenvalue weighted by Crippen LogP contribution is 2.05. The first kappa shape index (κ1) is 13.8. The Bertz CT molecular complexity index is 273. The van der Waals surface area contributed by atoms with Crippen LogP contribution in [0.3, 0.4) is 0 Å². The number of carbonyl (C=O) groups excluding carboxylic acids is 1. The summed E-state index contributed by atoms with van der Waals surface area (Å²) in [7, 11) is 0. The number of carboxylic acids is 1. The van der Waals surface area contributed by atoms with Crippen molar-refractivity contribution in [3.8, 4) is 0 Å². The van der Waals surface area contributed by atoms with Crippen LogP contribution in [0.25, 0.3) is 0 Å². The number of amides is 2. The zero-order valence-corrected chi connectivity index (χ0v) is 10.3. The Kier molecular flexibility index (Phi) is 5.21. The first-order valence-corrected chi connectivity index (χ1v) is 5.88. The Morgan fingerprint density at radius 3 is 2.59 bits per heavy atom. The topological polar surface area (TPSA) is 78.9 Å². The van der Waals surface area contributed by atoms with Crippen molar-refractivity contribution < 1.29 is 19.4 Å². The Balaban J connectivity index is 2.53. The molecule has 1 rings (SSSR count). The fourth-order valence-electron chi connectivity index (χ4n) is 1.69. The van der Waals surface area contributed by atoms with Crippen molar-refractivity contribution in [2.45, 2.75) is 26.3 Å². The molecule has 1 fully saturated rings. The van der Waals surface area contributed by atoms with Crippen LogP contribution in [0.5, 0.6) is 0 Å². The maximum atomic E-state index is 11.9. The molecule has 0 spiro atoms. The van der Waals surface area contributed by atoms with Crippen molar-refractivity contribution in [3.63, 3.8) is 0 Å². The fourth-order valence-corrected chi connectivity index (χ4v) is 1.69. The lowest BCUT2D eigenvalue weighted by molar-refractivity contribution is -0.140. The summed E-state index contributed by atoms with van der Waals surface area (Å²) in [6.07, 6.45) is 0.785. The number of aliphatic carboxylic acids is 1. The average Bonchev–Trinajstić information content (AvgIpc) is 2.52. The van der Waals surface area contributed by atoms with Crippen molar-refractivity contribution in [2.75, 3.05) is 26.3 Å². The Morgan fingerprint density at radius 2 is 2.00 bits per heavy atom. The third kappa shape index (κ3) is 4.22. The van der Waals surface area contributed by atoms with E-state index in [0.717, 1.165) is 6.42 Å². The van der Waals surface area contributed by atoms with Crippen LogP contribution in [0.4, 0.5) is 4.79 Å². The van der Waals surface area contributed by atoms with Crippen molar-refractivity contribution in [3.05, 3.63) is 0 Å². The lowest BCUT2D eigenvalue weighted by atomic mass is 10.1. The maximum Gasteiger partial charge on any atom is 0.326 e. The molecule has 2 amide bonds. The molecular formula is C11H20N2O4. The van der Waals surface area contributed by atoms with Gasteiger partial charge in [0, 0.05) is 19.7 Å². The van der Waals surface area contributed by atoms with E-state index in [9.17, 15) is 9.59 Å². The second-order valence-corrected chi connectivity index (χ2v) is 4.46. The lowest BCUT2D eigenvalue weighted by Crippen LogP contribution is -2.50. The molecule has 0 radical (unpaired) electrons. The van der Waals surface area contributed by atoms with E-state index in [4.69, 9.17) is 9.84 Å². The van der Waals surface area contributed by atoms with E-state index in [-0.39, 0.29) is 11.9 Å². The van der Waals surface area contributed by atoms with Crippen LogP contribution < -0.4 is 5.32 Å². The normalized spacial score (nSPS) is 18.6. The summed E-state index contributed by atoms with van der Waals surface area (Å²) in [6.45, 7) is 5.81. The molecule has 2 N–H and O–H groups in total. The van der Waals surface area contributed by atoms with Gasteiger partial charge in [-0.05, 0) is 12.3 Å². The minimum absolute atomic E-state index is 0.139. The predicted octanol–water partition coefficient (Wildman–Crippen LogP) is 0.527. The van der Waals surface area contributed by atoms with Crippen LogP contribution >= 0.6 is 0 Å². The third-order valence-corrected chi connectivity index (χ3v) is 2.72. The summed E-state index contributed by atoms with van der Waals surface area (Å²) in [5, 5.41) is 11.5. The zero-order chi connectivity index (χ0) is 12.8. The number of ether oxygens (including phenoxy) is 1. The molecular weight excluding hydrogens is 224 g/mol. The van der Waals surface area contributed by atoms with E-state index in [2.05, 4.69) is 5.32 Å². The molecule has 6 nitrogen and oxygen atoms in total. The van der Waals surface area contributed by atoms with Gasteiger partial charge in [0.05, 0.1) is 6.61 Å². The molecule has 6 heteroatoms. The quantitative estimate of drug-likeness (QED) is 0.759. The van der Waals surface area contributed by atoms with Gasteiger partial charge < -0.3 is 20.1 Å². The standard InChI is InChI=1S/C11H20N2O4/c1-8(2)9(10(14)15)12-11(16)13-4-3-6-17-7-5-13/h8-9H,3-7H2,1-2H3,(H,12,16)(H,14,15)/t9-/m1/s1. The van der Waals surface area contributed by atoms with Crippen molar-refractivity contribution in [2.24, 2.45) is 5.92 Å². The minimum Gasteiger partial charge on any atom is -0.480 e. The smallest absolute Gasteiger partial charge is 0.326 e. The second-order valence-electron chi connectivity index (χ2n) is 4.46. The Hall–Kier alpha value is -1.30. The molecule has 0 aromatic heterocycles. The number of carboxylic acid groups (broad SMARTS) is 1. The fraction of sp³-hybridized carbons (Fsp3) is 0.818. The zero-order valence-electron chi connectivity index (χ0n) is 10.3. The van der Waals surface area contributed by atoms with E-state index in [1.165, 1.54) is 0 Å². The van der Waals surface area contributed by atoms with Crippen LogP contribution in [0.1, 0.15) is 20.3 Å². The van der Waals surface area contributed by atoms with Crippen molar-refractivity contribution in [1.82, 2.24) is 10.2 Å². The molecule has 0 bridgehead atoms. The highest BCUT2D eigenvalue weighted by molar-refractivity contribution is 5.82. The van der Waals surface area contributed by atoms with Crippen LogP contribution in [-0.4, -0.2) is 54.4 Å². The molecule has 0 aliphatic carbocycles. The van der Waals surface area contributed by atoms with Gasteiger partial charge in [0.2, 0.25) is 0 Å². The largest absolute Gasteiger partial charge is 0.480 e. The van der Waals surface area contributed by atoms with Gasteiger partial charge in [0.25, 0.3) is 0 Å². The summed E-state index contributed by atoms with van der Waals surface area (Å²) in [5.74, 6) is -1.14. The molecule has 1 heterocycles. The average molecular weight is 244 g/mol. The number of carbonyl (C=O) groups is 2. The first-order valence-electron chi connectivity index (χ1n) is 5.88. The number of rotatable bonds is 3. The molecule has 1 aliphatic rings. The van der Waals surface area contributed by atoms with E-state index in [0.29, 0.717) is 26.3 Å². The first-order chi connectivity index (χ1) is 8.02. The second kappa shape index (κ2) is 6.44. The number of nitrogens with zero attached hydrogens (tertiary/aromatic N) is 1. The van der Waals surface area contributed by atoms with E-state index >= 15 is 0 Å². The van der Waals surface area contributed by atoms with Crippen LogP contribution in [0, 0.1) is 5.92 Å². The van der Waals surface area contributed by atoms with Gasteiger partial charge in [-0.15, -0.1) is 0 Å². The van der Waals surface area contributed by atoms with Crippen LogP contribution in [-0.2, 0) is 9.53 Å². The number of nitrogens with one attached hydrogen (secondary N) is 1. The molecule has 98 valence electrons. The van der Waals surface area contributed by atoms with Gasteiger partial charge in [-0.1, -0.05) is 13.8 Å². The molecule has 0 saturated carbocycles. The molecule has 0 aromatic carbocycles. The molecule has 17 heavy (non-hydrogen) atoms. The van der Waals surface area contributed by atoms with E-state index in [1.54, 1.807) is 18.7 Å². The number of hydrogen-bond donors (Lipinski definition) is 2. The third-order valence-electron chi connectivity index (χ3n) is 2.72. The molecule has 1 saturated heterocycles. The van der Waals surface area contributed by atoms with Gasteiger partial charge in [-0.3, -0.25) is 0 Å². The molecule has 0 aromatic rings. The lowest BCUT2D eigenvalue weighted by Gasteiger charge is -2.24. The van der Waals surface area contributed by atoms with Gasteiger partial charge >= 0.3 is 12.0 Å². The maximum absolute atomic E-state index is 11.9. The molecule has 1 aliphatic heterocycles. The summed E-state index contributed by atoms with van der Waals surface area (Å²) < 4.78 is 5.24. The highest BCUT2D eigenvalue weighted by Gasteiger charge is 2.26. The van der Waals surface area contributed by atoms with Gasteiger partial charge in [0.1, 0.15) is 6.04 Å². The molecule has 1 atom stereocenters. The van der Waals surface area contributed by atoms with Crippen LogP contribution in [0.2, 0.25) is 0 Å². The van der Waals surface area contributed by atoms with Gasteiger partial charge in [-0.25, -0.2) is 9.59 Å². The van der Waals surface area contributed by atoms with E-state index in [1.807, 2.05) is 0 Å². The Morgan fingerprint density at radius 1 is 1.29 bits per heavy atom. The summed E-state index contributed by atoms with van der Waals surface area (Å²) >= 11 is 0. The Labute approximate surface area is 101 Å². The minimum atomic E-state index is -1.00. The number of hydrogen-bond acceptors (Lipinski definition) is 3. The van der Waals surface area contributed by atoms with Gasteiger partial charge in [-0.2, -0.15) is 0 Å². The highest BCUT2D eigenvalue weighted by atomic mass is 16.5.